The van der Waals surface area contributed by atoms with Gasteiger partial charge in [-0.25, -0.2) is 9.29 Å². The van der Waals surface area contributed by atoms with E-state index >= 15 is 0 Å². The van der Waals surface area contributed by atoms with Crippen molar-refractivity contribution in [3.63, 3.8) is 0 Å². The summed E-state index contributed by atoms with van der Waals surface area (Å²) in [7, 11) is 2.75. The number of carbonyl (C=O) groups is 4. The number of phenols is 1. The van der Waals surface area contributed by atoms with Crippen molar-refractivity contribution in [3.05, 3.63) is 88.7 Å². The van der Waals surface area contributed by atoms with E-state index in [2.05, 4.69) is 0 Å². The zero-order valence-corrected chi connectivity index (χ0v) is 27.1. The van der Waals surface area contributed by atoms with Crippen LogP contribution < -0.4 is 19.3 Å². The molecule has 0 aromatic heterocycles. The number of methoxy groups -OCH3 is 2. The molecule has 9 nitrogen and oxygen atoms in total. The Morgan fingerprint density at radius 1 is 0.851 bits per heavy atom. The summed E-state index contributed by atoms with van der Waals surface area (Å²) < 4.78 is 24.9. The van der Waals surface area contributed by atoms with Gasteiger partial charge in [0.1, 0.15) is 23.1 Å². The maximum Gasteiger partial charge on any atom is 0.258 e. The van der Waals surface area contributed by atoms with Crippen molar-refractivity contribution in [2.75, 3.05) is 24.0 Å². The molecule has 2 heterocycles. The maximum absolute atomic E-state index is 14.5. The predicted molar refractivity (Wildman–Crippen MR) is 172 cm³/mol. The third-order valence-corrected chi connectivity index (χ3v) is 11.5. The minimum absolute atomic E-state index is 0.0383. The Balaban J connectivity index is 1.44. The van der Waals surface area contributed by atoms with Gasteiger partial charge in [-0.1, -0.05) is 23.3 Å². The molecule has 242 valence electrons. The summed E-state index contributed by atoms with van der Waals surface area (Å²) in [5, 5.41) is 11.9. The molecule has 7 rings (SSSR count). The van der Waals surface area contributed by atoms with Crippen molar-refractivity contribution in [2.24, 2.45) is 17.8 Å². The van der Waals surface area contributed by atoms with Gasteiger partial charge in [0.25, 0.3) is 11.8 Å². The second-order valence-electron chi connectivity index (χ2n) is 12.0. The Morgan fingerprint density at radius 3 is 2.13 bits per heavy atom. The zero-order valence-electron chi connectivity index (χ0n) is 24.9. The minimum atomic E-state index is -2.25. The van der Waals surface area contributed by atoms with E-state index in [0.717, 1.165) is 21.9 Å². The van der Waals surface area contributed by atoms with Gasteiger partial charge in [0.15, 0.2) is 9.75 Å². The molecule has 2 aliphatic heterocycles. The van der Waals surface area contributed by atoms with Crippen LogP contribution in [0.15, 0.2) is 72.3 Å². The minimum Gasteiger partial charge on any atom is -0.507 e. The fourth-order valence-electron chi connectivity index (χ4n) is 7.72. The van der Waals surface area contributed by atoms with Crippen molar-refractivity contribution in [1.82, 2.24) is 0 Å². The Morgan fingerprint density at radius 2 is 1.49 bits per heavy atom. The van der Waals surface area contributed by atoms with Crippen LogP contribution in [0.3, 0.4) is 0 Å². The van der Waals surface area contributed by atoms with Crippen LogP contribution in [-0.4, -0.2) is 52.7 Å². The van der Waals surface area contributed by atoms with Crippen LogP contribution in [-0.2, 0) is 19.2 Å². The van der Waals surface area contributed by atoms with Gasteiger partial charge in [0.2, 0.25) is 11.8 Å². The summed E-state index contributed by atoms with van der Waals surface area (Å²) in [6, 6.07) is 13.8. The first-order valence-electron chi connectivity index (χ1n) is 14.7. The third kappa shape index (κ3) is 4.27. The first-order valence-corrected chi connectivity index (χ1v) is 15.8. The summed E-state index contributed by atoms with van der Waals surface area (Å²) in [5.41, 5.74) is 0.883. The molecular formula is C34H26Cl3FN2O7. The number of allylic oxidation sites excluding steroid dienone is 2. The van der Waals surface area contributed by atoms with E-state index in [1.54, 1.807) is 30.3 Å². The molecule has 3 aromatic carbocycles. The standard InChI is InChI=1S/C34H26Cl3FN2O7/c1-46-20-13-24(41)27(25(14-20)47-2)28-21-11-12-22-26(30(43)39(29(22)42)18-7-3-16(35)4-8-18)23(21)15-33(36)31(44)40(32(45)34(28,33)37)19-9-5-17(38)6-10-19/h3-11,13-14,22-23,26,28,41H,12,15H2,1-2H3/t22-,23+,26-,28+,33+,34-/m0/s1. The van der Waals surface area contributed by atoms with E-state index in [1.807, 2.05) is 0 Å². The van der Waals surface area contributed by atoms with Gasteiger partial charge in [-0.15, -0.1) is 23.2 Å². The van der Waals surface area contributed by atoms with Crippen molar-refractivity contribution in [1.29, 1.82) is 0 Å². The van der Waals surface area contributed by atoms with Crippen LogP contribution in [0.4, 0.5) is 15.8 Å². The number of ether oxygens (including phenoxy) is 2. The highest BCUT2D eigenvalue weighted by atomic mass is 35.5. The van der Waals surface area contributed by atoms with Crippen LogP contribution in [0, 0.1) is 23.6 Å². The Kier molecular flexibility index (Phi) is 7.35. The molecule has 1 saturated carbocycles. The lowest BCUT2D eigenvalue weighted by atomic mass is 9.56. The van der Waals surface area contributed by atoms with Gasteiger partial charge in [-0.3, -0.25) is 24.1 Å². The molecule has 0 bridgehead atoms. The van der Waals surface area contributed by atoms with Crippen molar-refractivity contribution >= 4 is 69.8 Å². The summed E-state index contributed by atoms with van der Waals surface area (Å²) in [4.78, 5) is 54.5. The van der Waals surface area contributed by atoms with E-state index in [-0.39, 0.29) is 41.3 Å². The lowest BCUT2D eigenvalue weighted by Gasteiger charge is -2.50. The Bertz CT molecular complexity index is 1900. The summed E-state index contributed by atoms with van der Waals surface area (Å²) in [5.74, 6) is -7.23. The van der Waals surface area contributed by atoms with E-state index in [0.29, 0.717) is 16.3 Å². The second kappa shape index (κ2) is 11.0. The number of carbonyl (C=O) groups excluding carboxylic acids is 4. The fourth-order valence-corrected chi connectivity index (χ4v) is 8.77. The number of halogens is 4. The fraction of sp³-hybridized carbons (Fsp3) is 0.294. The Labute approximate surface area is 283 Å². The van der Waals surface area contributed by atoms with Crippen LogP contribution in [0.25, 0.3) is 0 Å². The van der Waals surface area contributed by atoms with E-state index in [4.69, 9.17) is 44.3 Å². The molecule has 2 saturated heterocycles. The number of nitrogens with zero attached hydrogens (tertiary/aromatic N) is 2. The maximum atomic E-state index is 14.5. The number of amides is 4. The zero-order chi connectivity index (χ0) is 33.6. The SMILES string of the molecule is COc1cc(O)c([C@H]2C3=CC[C@@H]4C(=O)N(c5ccc(Cl)cc5)C(=O)[C@@H]4[C@@H]3C[C@@]3(Cl)C(=O)N(c4ccc(F)cc4)C(=O)[C@@]23Cl)c(OC)c1. The van der Waals surface area contributed by atoms with Crippen molar-refractivity contribution in [3.8, 4) is 17.2 Å². The molecule has 0 spiro atoms. The van der Waals surface area contributed by atoms with Gasteiger partial charge >= 0.3 is 0 Å². The number of aromatic hydroxyl groups is 1. The highest BCUT2D eigenvalue weighted by Gasteiger charge is 2.77. The lowest BCUT2D eigenvalue weighted by Crippen LogP contribution is -2.60. The van der Waals surface area contributed by atoms with E-state index < -0.39 is 62.9 Å². The largest absolute Gasteiger partial charge is 0.507 e. The third-order valence-electron chi connectivity index (χ3n) is 9.82. The first-order chi connectivity index (χ1) is 22.4. The predicted octanol–water partition coefficient (Wildman–Crippen LogP) is 5.97. The molecule has 13 heteroatoms. The van der Waals surface area contributed by atoms with Crippen molar-refractivity contribution < 1.29 is 38.1 Å². The number of alkyl halides is 2. The average molecular weight is 700 g/mol. The van der Waals surface area contributed by atoms with Crippen LogP contribution >= 0.6 is 34.8 Å². The molecule has 0 unspecified atom stereocenters. The van der Waals surface area contributed by atoms with Gasteiger partial charge in [0.05, 0.1) is 37.4 Å². The van der Waals surface area contributed by atoms with Gasteiger partial charge in [0, 0.05) is 28.6 Å². The number of hydrogen-bond donors (Lipinski definition) is 1. The van der Waals surface area contributed by atoms with E-state index in [9.17, 15) is 28.7 Å². The molecule has 3 fully saturated rings. The summed E-state index contributed by atoms with van der Waals surface area (Å²) in [6.45, 7) is 0. The molecule has 4 amide bonds. The molecule has 4 aliphatic rings. The van der Waals surface area contributed by atoms with Gasteiger partial charge in [-0.2, -0.15) is 0 Å². The monoisotopic (exact) mass is 698 g/mol. The average Bonchev–Trinajstić information content (AvgIpc) is 3.39. The van der Waals surface area contributed by atoms with Crippen molar-refractivity contribution in [2.45, 2.75) is 28.5 Å². The summed E-state index contributed by atoms with van der Waals surface area (Å²) >= 11 is 20.8. The lowest BCUT2D eigenvalue weighted by molar-refractivity contribution is -0.125. The number of benzene rings is 3. The highest BCUT2D eigenvalue weighted by Crippen LogP contribution is 2.67. The molecular weight excluding hydrogens is 674 g/mol. The molecule has 47 heavy (non-hydrogen) atoms. The molecule has 6 atom stereocenters. The summed E-state index contributed by atoms with van der Waals surface area (Å²) in [6.07, 6.45) is 1.58. The van der Waals surface area contributed by atoms with E-state index in [1.165, 1.54) is 38.5 Å². The smallest absolute Gasteiger partial charge is 0.258 e. The van der Waals surface area contributed by atoms with Crippen LogP contribution in [0.5, 0.6) is 17.2 Å². The van der Waals surface area contributed by atoms with Crippen LogP contribution in [0.1, 0.15) is 24.3 Å². The number of anilines is 2. The quantitative estimate of drug-likeness (QED) is 0.198. The van der Waals surface area contributed by atoms with Gasteiger partial charge in [-0.05, 0) is 67.3 Å². The highest BCUT2D eigenvalue weighted by molar-refractivity contribution is 6.58. The number of phenolic OH excluding ortho intramolecular Hbond substituents is 1. The topological polar surface area (TPSA) is 113 Å². The molecule has 0 radical (unpaired) electrons. The molecule has 3 aromatic rings. The number of hydrogen-bond acceptors (Lipinski definition) is 7. The Hall–Kier alpha value is -4.12. The number of imide groups is 2. The molecule has 1 N–H and O–H groups in total. The molecule has 2 aliphatic carbocycles. The number of rotatable bonds is 5. The normalized spacial score (nSPS) is 29.8. The van der Waals surface area contributed by atoms with Crippen LogP contribution in [0.2, 0.25) is 5.02 Å². The van der Waals surface area contributed by atoms with Gasteiger partial charge < -0.3 is 14.6 Å². The second-order valence-corrected chi connectivity index (χ2v) is 13.7. The first kappa shape index (κ1) is 31.5. The number of fused-ring (bicyclic) bond motifs is 4.